The molecular weight excluding hydrogens is 250 g/mol. The summed E-state index contributed by atoms with van der Waals surface area (Å²) >= 11 is 6.21. The van der Waals surface area contributed by atoms with E-state index >= 15 is 0 Å². The minimum atomic E-state index is 0.666. The molecule has 0 aliphatic rings. The number of pyridine rings is 1. The lowest BCUT2D eigenvalue weighted by molar-refractivity contribution is 1.09. The van der Waals surface area contributed by atoms with Crippen molar-refractivity contribution in [1.82, 2.24) is 20.2 Å². The lowest BCUT2D eigenvalue weighted by Crippen LogP contribution is -2.00. The molecule has 0 saturated carbocycles. The smallest absolute Gasteiger partial charge is 0.140 e. The fraction of sp³-hybridized carbons (Fsp3) is 0.167. The Hall–Kier alpha value is -2.01. The maximum absolute atomic E-state index is 6.21. The number of nitrogens with one attached hydrogen (secondary N) is 3. The number of anilines is 1. The number of hydrogen-bond acceptors (Lipinski definition) is 3. The van der Waals surface area contributed by atoms with Gasteiger partial charge in [0.2, 0.25) is 0 Å². The topological polar surface area (TPSA) is 69.4 Å². The third kappa shape index (κ3) is 1.64. The van der Waals surface area contributed by atoms with Crippen molar-refractivity contribution in [3.8, 4) is 11.1 Å². The van der Waals surface area contributed by atoms with E-state index in [-0.39, 0.29) is 0 Å². The molecule has 0 radical (unpaired) electrons. The molecule has 3 N–H and O–H groups in total. The third-order valence-corrected chi connectivity index (χ3v) is 3.11. The van der Waals surface area contributed by atoms with Gasteiger partial charge in [-0.25, -0.2) is 4.98 Å². The van der Waals surface area contributed by atoms with Gasteiger partial charge in [0.05, 0.1) is 22.3 Å². The number of rotatable bonds is 3. The number of hydrogen-bond donors (Lipinski definition) is 3. The number of fused-ring (bicyclic) bond motifs is 1. The Labute approximate surface area is 109 Å². The van der Waals surface area contributed by atoms with Crippen LogP contribution in [-0.4, -0.2) is 26.7 Å². The number of nitrogens with zero attached hydrogens (tertiary/aromatic N) is 2. The first-order valence-corrected chi connectivity index (χ1v) is 6.07. The molecule has 3 aromatic heterocycles. The maximum atomic E-state index is 6.21. The lowest BCUT2D eigenvalue weighted by Gasteiger charge is -2.10. The van der Waals surface area contributed by atoms with Gasteiger partial charge >= 0.3 is 0 Å². The number of aromatic amines is 2. The molecule has 6 heteroatoms. The van der Waals surface area contributed by atoms with Crippen molar-refractivity contribution >= 4 is 28.3 Å². The predicted octanol–water partition coefficient (Wildman–Crippen LogP) is 3.04. The number of halogens is 1. The van der Waals surface area contributed by atoms with E-state index in [0.717, 1.165) is 34.4 Å². The highest BCUT2D eigenvalue weighted by molar-refractivity contribution is 6.36. The molecule has 0 saturated heterocycles. The molecule has 3 aromatic rings. The number of aromatic nitrogens is 4. The van der Waals surface area contributed by atoms with Gasteiger partial charge in [0, 0.05) is 36.3 Å². The van der Waals surface area contributed by atoms with Gasteiger partial charge in [0.15, 0.2) is 0 Å². The van der Waals surface area contributed by atoms with Crippen LogP contribution in [0.5, 0.6) is 0 Å². The van der Waals surface area contributed by atoms with Crippen LogP contribution in [0.15, 0.2) is 24.8 Å². The second-order valence-corrected chi connectivity index (χ2v) is 4.33. The van der Waals surface area contributed by atoms with Crippen molar-refractivity contribution in [3.05, 3.63) is 29.8 Å². The zero-order valence-electron chi connectivity index (χ0n) is 9.79. The van der Waals surface area contributed by atoms with E-state index < -0.39 is 0 Å². The van der Waals surface area contributed by atoms with E-state index in [9.17, 15) is 0 Å². The first-order valence-electron chi connectivity index (χ1n) is 5.70. The van der Waals surface area contributed by atoms with E-state index in [2.05, 4.69) is 25.5 Å². The highest BCUT2D eigenvalue weighted by atomic mass is 35.5. The van der Waals surface area contributed by atoms with Gasteiger partial charge < -0.3 is 10.3 Å². The predicted molar refractivity (Wildman–Crippen MR) is 72.8 cm³/mol. The van der Waals surface area contributed by atoms with Crippen LogP contribution in [0.1, 0.15) is 6.92 Å². The van der Waals surface area contributed by atoms with Gasteiger partial charge in [0.25, 0.3) is 0 Å². The van der Waals surface area contributed by atoms with Crippen LogP contribution in [0, 0.1) is 0 Å². The first-order chi connectivity index (χ1) is 8.81. The quantitative estimate of drug-likeness (QED) is 0.679. The standard InChI is InChI=1S/C12H12ClN5/c1-2-14-11-8(7-3-17-18-4-7)5-15-12-10(11)9(13)6-16-12/h3-6H,2H2,1H3,(H,17,18)(H2,14,15,16). The summed E-state index contributed by atoms with van der Waals surface area (Å²) in [6.45, 7) is 2.86. The van der Waals surface area contributed by atoms with E-state index in [1.807, 2.05) is 19.3 Å². The minimum absolute atomic E-state index is 0.666. The highest BCUT2D eigenvalue weighted by Crippen LogP contribution is 2.36. The van der Waals surface area contributed by atoms with Gasteiger partial charge in [-0.15, -0.1) is 0 Å². The van der Waals surface area contributed by atoms with Gasteiger partial charge in [-0.1, -0.05) is 11.6 Å². The summed E-state index contributed by atoms with van der Waals surface area (Å²) in [6.07, 6.45) is 7.17. The van der Waals surface area contributed by atoms with Crippen molar-refractivity contribution in [2.24, 2.45) is 0 Å². The molecule has 0 amide bonds. The molecule has 0 unspecified atom stereocenters. The second-order valence-electron chi connectivity index (χ2n) is 3.92. The zero-order valence-corrected chi connectivity index (χ0v) is 10.5. The van der Waals surface area contributed by atoms with Crippen LogP contribution in [0.2, 0.25) is 5.02 Å². The van der Waals surface area contributed by atoms with E-state index in [4.69, 9.17) is 11.6 Å². The van der Waals surface area contributed by atoms with Gasteiger partial charge in [-0.05, 0) is 6.92 Å². The average Bonchev–Trinajstić information content (AvgIpc) is 3.00. The Morgan fingerprint density at radius 1 is 1.33 bits per heavy atom. The molecule has 18 heavy (non-hydrogen) atoms. The molecule has 92 valence electrons. The van der Waals surface area contributed by atoms with Crippen LogP contribution in [0.3, 0.4) is 0 Å². The van der Waals surface area contributed by atoms with Crippen LogP contribution in [-0.2, 0) is 0 Å². The van der Waals surface area contributed by atoms with Crippen molar-refractivity contribution in [2.75, 3.05) is 11.9 Å². The lowest BCUT2D eigenvalue weighted by atomic mass is 10.1. The first kappa shape index (κ1) is 11.1. The minimum Gasteiger partial charge on any atom is -0.384 e. The Kier molecular flexibility index (Phi) is 2.68. The SMILES string of the molecule is CCNc1c(-c2cn[nH]c2)cnc2[nH]cc(Cl)c12. The van der Waals surface area contributed by atoms with Crippen LogP contribution < -0.4 is 5.32 Å². The molecule has 3 rings (SSSR count). The Morgan fingerprint density at radius 2 is 2.22 bits per heavy atom. The summed E-state index contributed by atoms with van der Waals surface area (Å²) < 4.78 is 0. The van der Waals surface area contributed by atoms with Crippen molar-refractivity contribution in [1.29, 1.82) is 0 Å². The molecule has 5 nitrogen and oxygen atoms in total. The third-order valence-electron chi connectivity index (χ3n) is 2.82. The molecule has 0 atom stereocenters. The fourth-order valence-electron chi connectivity index (χ4n) is 2.03. The van der Waals surface area contributed by atoms with Crippen molar-refractivity contribution in [2.45, 2.75) is 6.92 Å². The molecular formula is C12H12ClN5. The number of H-pyrrole nitrogens is 2. The molecule has 0 fully saturated rings. The molecule has 0 aliphatic heterocycles. The van der Waals surface area contributed by atoms with E-state index in [1.54, 1.807) is 12.4 Å². The summed E-state index contributed by atoms with van der Waals surface area (Å²) in [6, 6.07) is 0. The Bertz CT molecular complexity index is 671. The summed E-state index contributed by atoms with van der Waals surface area (Å²) in [7, 11) is 0. The average molecular weight is 262 g/mol. The molecule has 0 aliphatic carbocycles. The normalized spacial score (nSPS) is 11.0. The van der Waals surface area contributed by atoms with Crippen molar-refractivity contribution in [3.63, 3.8) is 0 Å². The van der Waals surface area contributed by atoms with Crippen LogP contribution in [0.25, 0.3) is 22.2 Å². The zero-order chi connectivity index (χ0) is 12.5. The monoisotopic (exact) mass is 261 g/mol. The summed E-state index contributed by atoms with van der Waals surface area (Å²) in [5.41, 5.74) is 3.73. The van der Waals surface area contributed by atoms with Gasteiger partial charge in [-0.3, -0.25) is 5.10 Å². The molecule has 0 aromatic carbocycles. The summed E-state index contributed by atoms with van der Waals surface area (Å²) in [5, 5.41) is 11.7. The summed E-state index contributed by atoms with van der Waals surface area (Å²) in [5.74, 6) is 0. The second kappa shape index (κ2) is 4.34. The van der Waals surface area contributed by atoms with Crippen LogP contribution >= 0.6 is 11.6 Å². The molecule has 3 heterocycles. The van der Waals surface area contributed by atoms with Gasteiger partial charge in [-0.2, -0.15) is 5.10 Å². The maximum Gasteiger partial charge on any atom is 0.140 e. The summed E-state index contributed by atoms with van der Waals surface area (Å²) in [4.78, 5) is 7.43. The van der Waals surface area contributed by atoms with Crippen molar-refractivity contribution < 1.29 is 0 Å². The highest BCUT2D eigenvalue weighted by Gasteiger charge is 2.14. The Balaban J connectivity index is 2.31. The van der Waals surface area contributed by atoms with E-state index in [1.165, 1.54) is 0 Å². The van der Waals surface area contributed by atoms with Crippen LogP contribution in [0.4, 0.5) is 5.69 Å². The molecule has 0 spiro atoms. The molecule has 0 bridgehead atoms. The Morgan fingerprint density at radius 3 is 2.94 bits per heavy atom. The fourth-order valence-corrected chi connectivity index (χ4v) is 2.27. The largest absolute Gasteiger partial charge is 0.384 e. The van der Waals surface area contributed by atoms with Gasteiger partial charge in [0.1, 0.15) is 5.65 Å². The van der Waals surface area contributed by atoms with E-state index in [0.29, 0.717) is 5.02 Å².